The van der Waals surface area contributed by atoms with E-state index in [9.17, 15) is 0 Å². The fraction of sp³-hybridized carbons (Fsp3) is 0.600. The standard InChI is InChI=1S/C5H6S2/c1-2-5(1)3-4-6-7-5/h3-4H,1-2H2. The van der Waals surface area contributed by atoms with Crippen molar-refractivity contribution in [1.29, 1.82) is 0 Å². The van der Waals surface area contributed by atoms with Crippen LogP contribution in [-0.2, 0) is 0 Å². The molecular weight excluding hydrogens is 124 g/mol. The predicted octanol–water partition coefficient (Wildman–Crippen LogP) is 2.43. The second-order valence-electron chi connectivity index (χ2n) is 2.05. The van der Waals surface area contributed by atoms with Crippen LogP contribution in [-0.4, -0.2) is 4.75 Å². The Labute approximate surface area is 51.1 Å². The molecule has 0 aromatic rings. The van der Waals surface area contributed by atoms with Gasteiger partial charge in [0, 0.05) is 4.75 Å². The van der Waals surface area contributed by atoms with Crippen LogP contribution in [0.5, 0.6) is 0 Å². The van der Waals surface area contributed by atoms with E-state index in [-0.39, 0.29) is 0 Å². The molecular formula is C5H6S2. The molecule has 1 saturated carbocycles. The molecule has 0 atom stereocenters. The third kappa shape index (κ3) is 0.609. The van der Waals surface area contributed by atoms with Gasteiger partial charge in [-0.15, -0.1) is 0 Å². The summed E-state index contributed by atoms with van der Waals surface area (Å²) in [5.74, 6) is 0. The predicted molar refractivity (Wildman–Crippen MR) is 36.3 cm³/mol. The molecule has 0 saturated heterocycles. The van der Waals surface area contributed by atoms with Gasteiger partial charge in [0.2, 0.25) is 0 Å². The maximum absolute atomic E-state index is 2.34. The lowest BCUT2D eigenvalue weighted by atomic mass is 10.4. The zero-order chi connectivity index (χ0) is 4.74. The molecule has 0 bridgehead atoms. The van der Waals surface area contributed by atoms with Crippen molar-refractivity contribution >= 4 is 21.6 Å². The second-order valence-corrected chi connectivity index (χ2v) is 4.57. The van der Waals surface area contributed by atoms with E-state index >= 15 is 0 Å². The fourth-order valence-electron chi connectivity index (χ4n) is 0.676. The van der Waals surface area contributed by atoms with Gasteiger partial charge in [0.1, 0.15) is 0 Å². The van der Waals surface area contributed by atoms with Crippen molar-refractivity contribution in [3.05, 3.63) is 11.5 Å². The first-order chi connectivity index (χ1) is 3.41. The van der Waals surface area contributed by atoms with Crippen LogP contribution in [0, 0.1) is 0 Å². The van der Waals surface area contributed by atoms with Crippen molar-refractivity contribution in [3.8, 4) is 0 Å². The maximum Gasteiger partial charge on any atom is 0.0455 e. The van der Waals surface area contributed by atoms with E-state index in [1.165, 1.54) is 12.8 Å². The van der Waals surface area contributed by atoms with Gasteiger partial charge in [-0.05, 0) is 18.2 Å². The number of rotatable bonds is 0. The topological polar surface area (TPSA) is 0 Å². The van der Waals surface area contributed by atoms with Crippen LogP contribution in [0.25, 0.3) is 0 Å². The van der Waals surface area contributed by atoms with Crippen molar-refractivity contribution in [3.63, 3.8) is 0 Å². The molecule has 0 radical (unpaired) electrons. The lowest BCUT2D eigenvalue weighted by molar-refractivity contribution is 1.22. The molecule has 0 unspecified atom stereocenters. The lowest BCUT2D eigenvalue weighted by Gasteiger charge is -1.93. The molecule has 2 rings (SSSR count). The highest BCUT2D eigenvalue weighted by atomic mass is 33.1. The van der Waals surface area contributed by atoms with E-state index < -0.39 is 0 Å². The van der Waals surface area contributed by atoms with Crippen LogP contribution in [0.15, 0.2) is 11.5 Å². The smallest absolute Gasteiger partial charge is 0.0455 e. The van der Waals surface area contributed by atoms with Crippen LogP contribution in [0.3, 0.4) is 0 Å². The molecule has 0 aromatic heterocycles. The van der Waals surface area contributed by atoms with Crippen molar-refractivity contribution in [2.24, 2.45) is 0 Å². The highest BCUT2D eigenvalue weighted by Crippen LogP contribution is 2.59. The van der Waals surface area contributed by atoms with Crippen LogP contribution in [0.4, 0.5) is 0 Å². The van der Waals surface area contributed by atoms with Gasteiger partial charge in [0.25, 0.3) is 0 Å². The largest absolute Gasteiger partial charge is 0.0785 e. The third-order valence-corrected chi connectivity index (χ3v) is 4.22. The molecule has 0 nitrogen and oxygen atoms in total. The summed E-state index contributed by atoms with van der Waals surface area (Å²) in [7, 11) is 3.90. The molecule has 0 N–H and O–H groups in total. The van der Waals surface area contributed by atoms with E-state index in [0.29, 0.717) is 4.75 Å². The second kappa shape index (κ2) is 1.23. The average molecular weight is 130 g/mol. The first-order valence-electron chi connectivity index (χ1n) is 2.44. The van der Waals surface area contributed by atoms with Crippen LogP contribution >= 0.6 is 21.6 Å². The summed E-state index contributed by atoms with van der Waals surface area (Å²) in [5.41, 5.74) is 0. The van der Waals surface area contributed by atoms with Gasteiger partial charge in [-0.2, -0.15) is 0 Å². The van der Waals surface area contributed by atoms with Gasteiger partial charge in [0.05, 0.1) is 0 Å². The molecule has 7 heavy (non-hydrogen) atoms. The Morgan fingerprint density at radius 2 is 2.29 bits per heavy atom. The summed E-state index contributed by atoms with van der Waals surface area (Å²) >= 11 is 0. The monoisotopic (exact) mass is 130 g/mol. The van der Waals surface area contributed by atoms with E-state index in [0.717, 1.165) is 0 Å². The van der Waals surface area contributed by atoms with Crippen molar-refractivity contribution < 1.29 is 0 Å². The maximum atomic E-state index is 2.34. The molecule has 2 aliphatic rings. The highest BCUT2D eigenvalue weighted by Gasteiger charge is 2.43. The summed E-state index contributed by atoms with van der Waals surface area (Å²) in [6, 6.07) is 0. The van der Waals surface area contributed by atoms with E-state index in [4.69, 9.17) is 0 Å². The third-order valence-electron chi connectivity index (χ3n) is 1.38. The first-order valence-corrected chi connectivity index (χ1v) is 4.65. The molecule has 1 spiro atoms. The zero-order valence-corrected chi connectivity index (χ0v) is 5.52. The Bertz CT molecular complexity index is 113. The molecule has 2 heteroatoms. The van der Waals surface area contributed by atoms with E-state index in [2.05, 4.69) is 11.5 Å². The Morgan fingerprint density at radius 3 is 2.57 bits per heavy atom. The minimum atomic E-state index is 0.644. The first kappa shape index (κ1) is 4.33. The highest BCUT2D eigenvalue weighted by molar-refractivity contribution is 8.78. The van der Waals surface area contributed by atoms with Gasteiger partial charge < -0.3 is 0 Å². The van der Waals surface area contributed by atoms with Crippen LogP contribution in [0.1, 0.15) is 12.8 Å². The summed E-state index contributed by atoms with van der Waals surface area (Å²) in [4.78, 5) is 0. The Kier molecular flexibility index (Phi) is 0.762. The fourth-order valence-corrected chi connectivity index (χ4v) is 3.29. The molecule has 0 amide bonds. The summed E-state index contributed by atoms with van der Waals surface area (Å²) in [6.07, 6.45) is 5.17. The SMILES string of the molecule is C1=CC2(CC2)SS1. The molecule has 1 aliphatic carbocycles. The van der Waals surface area contributed by atoms with Gasteiger partial charge in [-0.3, -0.25) is 0 Å². The van der Waals surface area contributed by atoms with Gasteiger partial charge >= 0.3 is 0 Å². The average Bonchev–Trinajstić information content (AvgIpc) is 2.15. The van der Waals surface area contributed by atoms with Gasteiger partial charge in [0.15, 0.2) is 0 Å². The molecule has 38 valence electrons. The Morgan fingerprint density at radius 1 is 1.43 bits per heavy atom. The number of hydrogen-bond acceptors (Lipinski definition) is 2. The molecule has 1 heterocycles. The van der Waals surface area contributed by atoms with E-state index in [1.807, 2.05) is 21.6 Å². The normalized spacial score (nSPS) is 32.0. The van der Waals surface area contributed by atoms with Gasteiger partial charge in [-0.25, -0.2) is 0 Å². The number of hydrogen-bond donors (Lipinski definition) is 0. The van der Waals surface area contributed by atoms with E-state index in [1.54, 1.807) is 0 Å². The zero-order valence-electron chi connectivity index (χ0n) is 3.89. The lowest BCUT2D eigenvalue weighted by Crippen LogP contribution is -1.86. The van der Waals surface area contributed by atoms with Crippen LogP contribution < -0.4 is 0 Å². The molecule has 0 aromatic carbocycles. The van der Waals surface area contributed by atoms with Crippen LogP contribution in [0.2, 0.25) is 0 Å². The summed E-state index contributed by atoms with van der Waals surface area (Å²) < 4.78 is 0.644. The Hall–Kier alpha value is 0.440. The Balaban J connectivity index is 2.22. The van der Waals surface area contributed by atoms with Gasteiger partial charge in [-0.1, -0.05) is 27.7 Å². The van der Waals surface area contributed by atoms with Crippen molar-refractivity contribution in [2.45, 2.75) is 17.6 Å². The van der Waals surface area contributed by atoms with Crippen molar-refractivity contribution in [2.75, 3.05) is 0 Å². The summed E-state index contributed by atoms with van der Waals surface area (Å²) in [5, 5.41) is 2.21. The summed E-state index contributed by atoms with van der Waals surface area (Å²) in [6.45, 7) is 0. The molecule has 1 fully saturated rings. The minimum absolute atomic E-state index is 0.644. The van der Waals surface area contributed by atoms with Crippen molar-refractivity contribution in [1.82, 2.24) is 0 Å². The minimum Gasteiger partial charge on any atom is -0.0785 e. The molecule has 1 aliphatic heterocycles. The quantitative estimate of drug-likeness (QED) is 0.462.